The summed E-state index contributed by atoms with van der Waals surface area (Å²) in [5.41, 5.74) is 0.344. The van der Waals surface area contributed by atoms with Gasteiger partial charge in [0.05, 0.1) is 6.07 Å². The van der Waals surface area contributed by atoms with Gasteiger partial charge in [0.2, 0.25) is 0 Å². The molecule has 1 saturated heterocycles. The highest BCUT2D eigenvalue weighted by atomic mass is 15.2. The molecule has 2 nitrogen and oxygen atoms in total. The van der Waals surface area contributed by atoms with Crippen molar-refractivity contribution in [3.63, 3.8) is 0 Å². The van der Waals surface area contributed by atoms with Crippen molar-refractivity contribution in [1.82, 2.24) is 4.90 Å². The lowest BCUT2D eigenvalue weighted by atomic mass is 9.72. The topological polar surface area (TPSA) is 27.0 Å². The van der Waals surface area contributed by atoms with E-state index in [2.05, 4.69) is 24.8 Å². The maximum absolute atomic E-state index is 8.77. The summed E-state index contributed by atoms with van der Waals surface area (Å²) in [6.45, 7) is 7.07. The molecule has 0 N–H and O–H groups in total. The van der Waals surface area contributed by atoms with E-state index in [4.69, 9.17) is 5.26 Å². The summed E-state index contributed by atoms with van der Waals surface area (Å²) in [5.74, 6) is 0.613. The Balaban J connectivity index is 1.96. The number of hydrogen-bond acceptors (Lipinski definition) is 2. The fourth-order valence-electron chi connectivity index (χ4n) is 2.68. The normalized spacial score (nSPS) is 32.5. The SMILES string of the molecule is CC1(C)CN(C2CC2)CCC1CC#N. The second kappa shape index (κ2) is 3.55. The van der Waals surface area contributed by atoms with E-state index in [0.717, 1.165) is 12.5 Å². The van der Waals surface area contributed by atoms with Crippen LogP contribution >= 0.6 is 0 Å². The highest BCUT2D eigenvalue weighted by Gasteiger charge is 2.40. The van der Waals surface area contributed by atoms with Gasteiger partial charge in [-0.05, 0) is 37.1 Å². The molecule has 0 radical (unpaired) electrons. The summed E-state index contributed by atoms with van der Waals surface area (Å²) in [5, 5.41) is 8.77. The third kappa shape index (κ3) is 1.93. The van der Waals surface area contributed by atoms with E-state index in [1.54, 1.807) is 0 Å². The smallest absolute Gasteiger partial charge is 0.0624 e. The Morgan fingerprint density at radius 2 is 2.07 bits per heavy atom. The Bertz CT molecular complexity index is 248. The Hall–Kier alpha value is -0.550. The van der Waals surface area contributed by atoms with Gasteiger partial charge in [0.15, 0.2) is 0 Å². The lowest BCUT2D eigenvalue weighted by Crippen LogP contribution is -2.46. The molecule has 0 spiro atoms. The fourth-order valence-corrected chi connectivity index (χ4v) is 2.68. The molecule has 1 aliphatic heterocycles. The minimum absolute atomic E-state index is 0.344. The summed E-state index contributed by atoms with van der Waals surface area (Å²) in [4.78, 5) is 2.63. The van der Waals surface area contributed by atoms with Crippen molar-refractivity contribution >= 4 is 0 Å². The Morgan fingerprint density at radius 1 is 1.36 bits per heavy atom. The van der Waals surface area contributed by atoms with Crippen LogP contribution in [0, 0.1) is 22.7 Å². The Labute approximate surface area is 86.9 Å². The zero-order chi connectivity index (χ0) is 10.2. The molecule has 2 aliphatic rings. The fraction of sp³-hybridized carbons (Fsp3) is 0.917. The van der Waals surface area contributed by atoms with Crippen molar-refractivity contribution in [2.75, 3.05) is 13.1 Å². The van der Waals surface area contributed by atoms with E-state index in [0.29, 0.717) is 11.3 Å². The van der Waals surface area contributed by atoms with Crippen molar-refractivity contribution in [2.24, 2.45) is 11.3 Å². The zero-order valence-corrected chi connectivity index (χ0v) is 9.29. The van der Waals surface area contributed by atoms with E-state index in [-0.39, 0.29) is 0 Å². The molecule has 0 aromatic carbocycles. The van der Waals surface area contributed by atoms with Gasteiger partial charge in [-0.2, -0.15) is 5.26 Å². The van der Waals surface area contributed by atoms with Gasteiger partial charge in [0.25, 0.3) is 0 Å². The van der Waals surface area contributed by atoms with Crippen LogP contribution in [0.3, 0.4) is 0 Å². The summed E-state index contributed by atoms with van der Waals surface area (Å²) >= 11 is 0. The third-order valence-corrected chi connectivity index (χ3v) is 3.88. The number of nitrogens with zero attached hydrogens (tertiary/aromatic N) is 2. The minimum atomic E-state index is 0.344. The van der Waals surface area contributed by atoms with Gasteiger partial charge in [-0.15, -0.1) is 0 Å². The van der Waals surface area contributed by atoms with Crippen molar-refractivity contribution in [2.45, 2.75) is 45.6 Å². The van der Waals surface area contributed by atoms with E-state index in [9.17, 15) is 0 Å². The summed E-state index contributed by atoms with van der Waals surface area (Å²) in [6, 6.07) is 3.22. The molecule has 1 aliphatic carbocycles. The minimum Gasteiger partial charge on any atom is -0.300 e. The van der Waals surface area contributed by atoms with E-state index < -0.39 is 0 Å². The van der Waals surface area contributed by atoms with Crippen molar-refractivity contribution in [3.8, 4) is 6.07 Å². The quantitative estimate of drug-likeness (QED) is 0.672. The Kier molecular flexibility index (Phi) is 2.53. The van der Waals surface area contributed by atoms with Crippen LogP contribution in [0.4, 0.5) is 0 Å². The van der Waals surface area contributed by atoms with Crippen LogP contribution in [0.15, 0.2) is 0 Å². The van der Waals surface area contributed by atoms with Crippen LogP contribution in [-0.4, -0.2) is 24.0 Å². The van der Waals surface area contributed by atoms with E-state index in [1.807, 2.05) is 0 Å². The van der Waals surface area contributed by atoms with Crippen LogP contribution in [0.1, 0.15) is 39.5 Å². The predicted octanol–water partition coefficient (Wildman–Crippen LogP) is 2.41. The van der Waals surface area contributed by atoms with Crippen LogP contribution < -0.4 is 0 Å². The van der Waals surface area contributed by atoms with Crippen LogP contribution in [0.2, 0.25) is 0 Å². The molecule has 1 atom stereocenters. The first kappa shape index (κ1) is 9.98. The van der Waals surface area contributed by atoms with Crippen LogP contribution in [0.25, 0.3) is 0 Å². The van der Waals surface area contributed by atoms with Crippen LogP contribution in [0.5, 0.6) is 0 Å². The maximum Gasteiger partial charge on any atom is 0.0624 e. The number of hydrogen-bond donors (Lipinski definition) is 0. The highest BCUT2D eigenvalue weighted by Crippen LogP contribution is 2.40. The van der Waals surface area contributed by atoms with Crippen molar-refractivity contribution in [3.05, 3.63) is 0 Å². The summed E-state index contributed by atoms with van der Waals surface area (Å²) < 4.78 is 0. The first-order valence-electron chi connectivity index (χ1n) is 5.74. The molecule has 0 aromatic rings. The molecular weight excluding hydrogens is 172 g/mol. The number of rotatable bonds is 2. The van der Waals surface area contributed by atoms with Gasteiger partial charge in [0, 0.05) is 19.0 Å². The van der Waals surface area contributed by atoms with Gasteiger partial charge in [-0.25, -0.2) is 0 Å². The maximum atomic E-state index is 8.77. The zero-order valence-electron chi connectivity index (χ0n) is 9.29. The van der Waals surface area contributed by atoms with Gasteiger partial charge < -0.3 is 0 Å². The molecule has 2 rings (SSSR count). The molecule has 14 heavy (non-hydrogen) atoms. The van der Waals surface area contributed by atoms with Crippen molar-refractivity contribution in [1.29, 1.82) is 5.26 Å². The number of likely N-dealkylation sites (tertiary alicyclic amines) is 1. The molecule has 2 fully saturated rings. The second-order valence-electron chi connectivity index (χ2n) is 5.54. The highest BCUT2D eigenvalue weighted by molar-refractivity contribution is 4.96. The molecule has 2 heteroatoms. The molecule has 78 valence electrons. The van der Waals surface area contributed by atoms with Crippen molar-refractivity contribution < 1.29 is 0 Å². The molecule has 1 saturated carbocycles. The molecule has 0 amide bonds. The molecule has 1 heterocycles. The predicted molar refractivity (Wildman–Crippen MR) is 56.7 cm³/mol. The average molecular weight is 192 g/mol. The molecule has 1 unspecified atom stereocenters. The number of piperidine rings is 1. The lowest BCUT2D eigenvalue weighted by molar-refractivity contribution is 0.0524. The molecule has 0 aromatic heterocycles. The first-order chi connectivity index (χ1) is 6.63. The monoisotopic (exact) mass is 192 g/mol. The third-order valence-electron chi connectivity index (χ3n) is 3.88. The van der Waals surface area contributed by atoms with Gasteiger partial charge >= 0.3 is 0 Å². The summed E-state index contributed by atoms with van der Waals surface area (Å²) in [7, 11) is 0. The Morgan fingerprint density at radius 3 is 2.57 bits per heavy atom. The largest absolute Gasteiger partial charge is 0.300 e. The molecular formula is C12H20N2. The van der Waals surface area contributed by atoms with Gasteiger partial charge in [-0.3, -0.25) is 4.90 Å². The van der Waals surface area contributed by atoms with Gasteiger partial charge in [0.1, 0.15) is 0 Å². The first-order valence-corrected chi connectivity index (χ1v) is 5.74. The molecule has 0 bridgehead atoms. The number of nitriles is 1. The average Bonchev–Trinajstić information content (AvgIpc) is 2.91. The van der Waals surface area contributed by atoms with Gasteiger partial charge in [-0.1, -0.05) is 13.8 Å². The summed E-state index contributed by atoms with van der Waals surface area (Å²) in [6.07, 6.45) is 4.76. The second-order valence-corrected chi connectivity index (χ2v) is 5.54. The lowest BCUT2D eigenvalue weighted by Gasteiger charge is -2.43. The van der Waals surface area contributed by atoms with Crippen LogP contribution in [-0.2, 0) is 0 Å². The van der Waals surface area contributed by atoms with E-state index >= 15 is 0 Å². The standard InChI is InChI=1S/C12H20N2/c1-12(2)9-14(11-3-4-11)8-6-10(12)5-7-13/h10-11H,3-6,8-9H2,1-2H3. The van der Waals surface area contributed by atoms with E-state index in [1.165, 1.54) is 32.4 Å².